The van der Waals surface area contributed by atoms with Crippen LogP contribution < -0.4 is 5.32 Å². The molecule has 2 aromatic rings. The number of hydrogen-bond acceptors (Lipinski definition) is 2. The lowest BCUT2D eigenvalue weighted by Gasteiger charge is -2.10. The topological polar surface area (TPSA) is 38.3 Å². The summed E-state index contributed by atoms with van der Waals surface area (Å²) in [5.74, 6) is 0.0527. The van der Waals surface area contributed by atoms with Gasteiger partial charge in [0.2, 0.25) is 5.91 Å². The lowest BCUT2D eigenvalue weighted by molar-refractivity contribution is -0.116. The zero-order chi connectivity index (χ0) is 16.3. The number of para-hydroxylation sites is 1. The highest BCUT2D eigenvalue weighted by Crippen LogP contribution is 2.17. The molecule has 0 atom stereocenters. The predicted octanol–water partition coefficient (Wildman–Crippen LogP) is 4.57. The van der Waals surface area contributed by atoms with E-state index in [1.807, 2.05) is 48.5 Å². The minimum Gasteiger partial charge on any atom is -0.377 e. The maximum atomic E-state index is 12.0. The van der Waals surface area contributed by atoms with Gasteiger partial charge in [0.25, 0.3) is 0 Å². The summed E-state index contributed by atoms with van der Waals surface area (Å²) in [5, 5.41) is 3.01. The number of carbonyl (C=O) groups excluding carboxylic acids is 1. The fraction of sp³-hybridized carbons (Fsp3) is 0.350. The van der Waals surface area contributed by atoms with E-state index >= 15 is 0 Å². The molecule has 0 spiro atoms. The standard InChI is InChI=1S/C20H25NO2/c1-2-9-18-12-6-7-13-19(18)21-20(22)14-8-15-23-16-17-10-4-3-5-11-17/h3-7,10-13H,2,8-9,14-16H2,1H3,(H,21,22). The van der Waals surface area contributed by atoms with E-state index in [0.717, 1.165) is 30.5 Å². The highest BCUT2D eigenvalue weighted by atomic mass is 16.5. The first-order chi connectivity index (χ1) is 11.3. The largest absolute Gasteiger partial charge is 0.377 e. The predicted molar refractivity (Wildman–Crippen MR) is 94.4 cm³/mol. The molecule has 0 bridgehead atoms. The highest BCUT2D eigenvalue weighted by molar-refractivity contribution is 5.91. The number of benzene rings is 2. The Bertz CT molecular complexity index is 596. The molecule has 23 heavy (non-hydrogen) atoms. The van der Waals surface area contributed by atoms with Gasteiger partial charge < -0.3 is 10.1 Å². The summed E-state index contributed by atoms with van der Waals surface area (Å²) in [6, 6.07) is 18.1. The Kier molecular flexibility index (Phi) is 7.34. The molecule has 0 aliphatic carbocycles. The van der Waals surface area contributed by atoms with E-state index in [9.17, 15) is 4.79 Å². The van der Waals surface area contributed by atoms with Crippen LogP contribution in [0.2, 0.25) is 0 Å². The van der Waals surface area contributed by atoms with E-state index in [1.165, 1.54) is 5.56 Å². The molecule has 0 heterocycles. The van der Waals surface area contributed by atoms with Gasteiger partial charge >= 0.3 is 0 Å². The molecule has 1 amide bonds. The highest BCUT2D eigenvalue weighted by Gasteiger charge is 2.06. The number of aryl methyl sites for hydroxylation is 1. The molecule has 0 saturated carbocycles. The number of nitrogens with one attached hydrogen (secondary N) is 1. The lowest BCUT2D eigenvalue weighted by Crippen LogP contribution is -2.13. The first kappa shape index (κ1) is 17.2. The van der Waals surface area contributed by atoms with Gasteiger partial charge in [-0.3, -0.25) is 4.79 Å². The van der Waals surface area contributed by atoms with Crippen LogP contribution in [0.3, 0.4) is 0 Å². The molecule has 0 aliphatic rings. The summed E-state index contributed by atoms with van der Waals surface area (Å²) in [6.07, 6.45) is 3.26. The normalized spacial score (nSPS) is 10.5. The number of carbonyl (C=O) groups is 1. The van der Waals surface area contributed by atoms with Crippen molar-refractivity contribution in [3.8, 4) is 0 Å². The maximum absolute atomic E-state index is 12.0. The SMILES string of the molecule is CCCc1ccccc1NC(=O)CCCOCc1ccccc1. The Morgan fingerprint density at radius 2 is 1.78 bits per heavy atom. The smallest absolute Gasteiger partial charge is 0.224 e. The van der Waals surface area contributed by atoms with Gasteiger partial charge in [-0.2, -0.15) is 0 Å². The molecule has 0 saturated heterocycles. The summed E-state index contributed by atoms with van der Waals surface area (Å²) in [6.45, 7) is 3.34. The minimum absolute atomic E-state index is 0.0527. The van der Waals surface area contributed by atoms with Gasteiger partial charge in [0.1, 0.15) is 0 Å². The van der Waals surface area contributed by atoms with Gasteiger partial charge in [-0.15, -0.1) is 0 Å². The molecule has 3 nitrogen and oxygen atoms in total. The fourth-order valence-electron chi connectivity index (χ4n) is 2.44. The van der Waals surface area contributed by atoms with Crippen LogP contribution in [-0.2, 0) is 22.6 Å². The Labute approximate surface area is 138 Å². The Hall–Kier alpha value is -2.13. The zero-order valence-electron chi connectivity index (χ0n) is 13.8. The minimum atomic E-state index is 0.0527. The van der Waals surface area contributed by atoms with Crippen LogP contribution in [0.4, 0.5) is 5.69 Å². The first-order valence-electron chi connectivity index (χ1n) is 8.29. The average molecular weight is 311 g/mol. The van der Waals surface area contributed by atoms with Crippen molar-refractivity contribution in [2.75, 3.05) is 11.9 Å². The van der Waals surface area contributed by atoms with Gasteiger partial charge in [-0.1, -0.05) is 61.9 Å². The van der Waals surface area contributed by atoms with Crippen LogP contribution in [0, 0.1) is 0 Å². The van der Waals surface area contributed by atoms with Crippen molar-refractivity contribution in [3.05, 3.63) is 65.7 Å². The molecule has 2 rings (SSSR count). The third kappa shape index (κ3) is 6.25. The van der Waals surface area contributed by atoms with Crippen molar-refractivity contribution in [1.29, 1.82) is 0 Å². The van der Waals surface area contributed by atoms with E-state index in [-0.39, 0.29) is 5.91 Å². The fourth-order valence-corrected chi connectivity index (χ4v) is 2.44. The van der Waals surface area contributed by atoms with Gasteiger partial charge in [0.05, 0.1) is 6.61 Å². The summed E-state index contributed by atoms with van der Waals surface area (Å²) >= 11 is 0. The lowest BCUT2D eigenvalue weighted by atomic mass is 10.1. The maximum Gasteiger partial charge on any atom is 0.224 e. The van der Waals surface area contributed by atoms with E-state index in [4.69, 9.17) is 4.74 Å². The number of rotatable bonds is 9. The molecular weight excluding hydrogens is 286 g/mol. The monoisotopic (exact) mass is 311 g/mol. The molecule has 0 radical (unpaired) electrons. The molecule has 3 heteroatoms. The molecule has 2 aromatic carbocycles. The van der Waals surface area contributed by atoms with Crippen LogP contribution in [-0.4, -0.2) is 12.5 Å². The van der Waals surface area contributed by atoms with Gasteiger partial charge in [0.15, 0.2) is 0 Å². The van der Waals surface area contributed by atoms with Gasteiger partial charge in [-0.25, -0.2) is 0 Å². The van der Waals surface area contributed by atoms with Crippen molar-refractivity contribution < 1.29 is 9.53 Å². The number of anilines is 1. The first-order valence-corrected chi connectivity index (χ1v) is 8.29. The van der Waals surface area contributed by atoms with Crippen LogP contribution in [0.1, 0.15) is 37.3 Å². The van der Waals surface area contributed by atoms with Crippen LogP contribution in [0.15, 0.2) is 54.6 Å². The summed E-state index contributed by atoms with van der Waals surface area (Å²) in [5.41, 5.74) is 3.29. The number of ether oxygens (including phenoxy) is 1. The van der Waals surface area contributed by atoms with E-state index in [2.05, 4.69) is 18.3 Å². The number of amides is 1. The molecule has 0 fully saturated rings. The molecule has 0 aliphatic heterocycles. The molecule has 0 unspecified atom stereocenters. The zero-order valence-corrected chi connectivity index (χ0v) is 13.8. The summed E-state index contributed by atoms with van der Waals surface area (Å²) in [7, 11) is 0. The van der Waals surface area contributed by atoms with Crippen molar-refractivity contribution >= 4 is 11.6 Å². The van der Waals surface area contributed by atoms with Crippen molar-refractivity contribution in [2.45, 2.75) is 39.2 Å². The van der Waals surface area contributed by atoms with Crippen LogP contribution in [0.5, 0.6) is 0 Å². The van der Waals surface area contributed by atoms with E-state index in [0.29, 0.717) is 19.6 Å². The third-order valence-corrected chi connectivity index (χ3v) is 3.61. The summed E-state index contributed by atoms with van der Waals surface area (Å²) in [4.78, 5) is 12.0. The van der Waals surface area contributed by atoms with Crippen LogP contribution in [0.25, 0.3) is 0 Å². The second-order valence-corrected chi connectivity index (χ2v) is 5.60. The molecular formula is C20H25NO2. The quantitative estimate of drug-likeness (QED) is 0.689. The Morgan fingerprint density at radius 1 is 1.04 bits per heavy atom. The van der Waals surface area contributed by atoms with E-state index in [1.54, 1.807) is 0 Å². The third-order valence-electron chi connectivity index (χ3n) is 3.61. The van der Waals surface area contributed by atoms with E-state index < -0.39 is 0 Å². The molecule has 1 N–H and O–H groups in total. The molecule has 122 valence electrons. The van der Waals surface area contributed by atoms with Gasteiger partial charge in [-0.05, 0) is 30.0 Å². The Balaban J connectivity index is 1.67. The van der Waals surface area contributed by atoms with Crippen LogP contribution >= 0.6 is 0 Å². The van der Waals surface area contributed by atoms with Crippen molar-refractivity contribution in [3.63, 3.8) is 0 Å². The van der Waals surface area contributed by atoms with Gasteiger partial charge in [0, 0.05) is 18.7 Å². The average Bonchev–Trinajstić information content (AvgIpc) is 2.57. The molecule has 0 aromatic heterocycles. The van der Waals surface area contributed by atoms with Crippen molar-refractivity contribution in [1.82, 2.24) is 0 Å². The van der Waals surface area contributed by atoms with Crippen molar-refractivity contribution in [2.24, 2.45) is 0 Å². The summed E-state index contributed by atoms with van der Waals surface area (Å²) < 4.78 is 5.60. The second kappa shape index (κ2) is 9.80. The Morgan fingerprint density at radius 3 is 2.57 bits per heavy atom. The second-order valence-electron chi connectivity index (χ2n) is 5.60. The number of hydrogen-bond donors (Lipinski definition) is 1.